The van der Waals surface area contributed by atoms with E-state index >= 15 is 0 Å². The number of carbonyl (C=O) groups excluding carboxylic acids is 1. The van der Waals surface area contributed by atoms with Gasteiger partial charge in [-0.1, -0.05) is 39.0 Å². The van der Waals surface area contributed by atoms with E-state index in [1.54, 1.807) is 6.92 Å². The fourth-order valence-corrected chi connectivity index (χ4v) is 3.09. The number of rotatable bonds is 8. The summed E-state index contributed by atoms with van der Waals surface area (Å²) < 4.78 is 0. The van der Waals surface area contributed by atoms with Gasteiger partial charge in [-0.15, -0.1) is 0 Å². The molecular formula is C17H31NO3. The van der Waals surface area contributed by atoms with Gasteiger partial charge in [0.05, 0.1) is 5.92 Å². The minimum Gasteiger partial charge on any atom is -0.481 e. The molecule has 1 aliphatic rings. The lowest BCUT2D eigenvalue weighted by Gasteiger charge is -2.18. The minimum absolute atomic E-state index is 0.143. The molecule has 0 bridgehead atoms. The Morgan fingerprint density at radius 2 is 1.71 bits per heavy atom. The van der Waals surface area contributed by atoms with Gasteiger partial charge in [0, 0.05) is 12.5 Å². The summed E-state index contributed by atoms with van der Waals surface area (Å²) in [6.07, 6.45) is 10.6. The van der Waals surface area contributed by atoms with Gasteiger partial charge >= 0.3 is 5.97 Å². The summed E-state index contributed by atoms with van der Waals surface area (Å²) >= 11 is 0. The van der Waals surface area contributed by atoms with Gasteiger partial charge in [0.2, 0.25) is 5.91 Å². The topological polar surface area (TPSA) is 66.4 Å². The smallest absolute Gasteiger partial charge is 0.306 e. The standard InChI is InChI=1S/C17H31NO3/c1-13(17(20)21)8-7-9-14(2)18-16(19)12-15-10-5-3-4-6-11-15/h13-15H,3-12H2,1-2H3,(H,18,19)(H,20,21). The number of amides is 1. The van der Waals surface area contributed by atoms with Gasteiger partial charge in [-0.05, 0) is 38.5 Å². The Bertz CT molecular complexity index is 322. The summed E-state index contributed by atoms with van der Waals surface area (Å²) in [6, 6.07) is 0.143. The molecule has 4 heteroatoms. The summed E-state index contributed by atoms with van der Waals surface area (Å²) in [5, 5.41) is 11.9. The van der Waals surface area contributed by atoms with Crippen molar-refractivity contribution in [1.82, 2.24) is 5.32 Å². The van der Waals surface area contributed by atoms with Crippen LogP contribution in [0.15, 0.2) is 0 Å². The molecule has 4 nitrogen and oxygen atoms in total. The fraction of sp³-hybridized carbons (Fsp3) is 0.882. The molecule has 0 aliphatic heterocycles. The van der Waals surface area contributed by atoms with Crippen molar-refractivity contribution in [3.05, 3.63) is 0 Å². The Balaban J connectivity index is 2.16. The summed E-state index contributed by atoms with van der Waals surface area (Å²) in [7, 11) is 0. The van der Waals surface area contributed by atoms with Crippen molar-refractivity contribution in [3.63, 3.8) is 0 Å². The molecule has 21 heavy (non-hydrogen) atoms. The van der Waals surface area contributed by atoms with Crippen LogP contribution in [-0.4, -0.2) is 23.0 Å². The second kappa shape index (κ2) is 9.80. The largest absolute Gasteiger partial charge is 0.481 e. The predicted octanol–water partition coefficient (Wildman–Crippen LogP) is 3.74. The van der Waals surface area contributed by atoms with E-state index in [9.17, 15) is 9.59 Å². The number of carboxylic acids is 1. The minimum atomic E-state index is -0.736. The molecule has 1 rings (SSSR count). The number of carbonyl (C=O) groups is 2. The summed E-state index contributed by atoms with van der Waals surface area (Å²) in [6.45, 7) is 3.74. The number of carboxylic acid groups (broad SMARTS) is 1. The van der Waals surface area contributed by atoms with E-state index in [1.807, 2.05) is 6.92 Å². The first kappa shape index (κ1) is 18.0. The maximum atomic E-state index is 12.0. The van der Waals surface area contributed by atoms with Gasteiger partial charge in [0.1, 0.15) is 0 Å². The first-order chi connectivity index (χ1) is 9.99. The number of aliphatic carboxylic acids is 1. The predicted molar refractivity (Wildman–Crippen MR) is 84.1 cm³/mol. The van der Waals surface area contributed by atoms with E-state index in [-0.39, 0.29) is 17.9 Å². The van der Waals surface area contributed by atoms with Crippen molar-refractivity contribution >= 4 is 11.9 Å². The van der Waals surface area contributed by atoms with Crippen LogP contribution in [0, 0.1) is 11.8 Å². The van der Waals surface area contributed by atoms with Gasteiger partial charge in [-0.2, -0.15) is 0 Å². The molecule has 0 heterocycles. The maximum absolute atomic E-state index is 12.0. The van der Waals surface area contributed by atoms with Gasteiger partial charge in [-0.25, -0.2) is 0 Å². The zero-order chi connectivity index (χ0) is 15.7. The quantitative estimate of drug-likeness (QED) is 0.671. The van der Waals surface area contributed by atoms with Crippen LogP contribution in [0.2, 0.25) is 0 Å². The van der Waals surface area contributed by atoms with Crippen molar-refractivity contribution in [2.45, 2.75) is 84.1 Å². The van der Waals surface area contributed by atoms with E-state index in [1.165, 1.54) is 38.5 Å². The zero-order valence-electron chi connectivity index (χ0n) is 13.6. The third kappa shape index (κ3) is 8.08. The molecule has 1 aliphatic carbocycles. The molecule has 0 aromatic rings. The molecule has 2 N–H and O–H groups in total. The SMILES string of the molecule is CC(CCCC(C)C(=O)O)NC(=O)CC1CCCCCC1. The maximum Gasteiger partial charge on any atom is 0.306 e. The summed E-state index contributed by atoms with van der Waals surface area (Å²) in [5.41, 5.74) is 0. The van der Waals surface area contributed by atoms with E-state index in [0.29, 0.717) is 18.8 Å². The highest BCUT2D eigenvalue weighted by Crippen LogP contribution is 2.25. The van der Waals surface area contributed by atoms with Crippen LogP contribution in [0.1, 0.15) is 78.1 Å². The molecule has 122 valence electrons. The van der Waals surface area contributed by atoms with Crippen molar-refractivity contribution < 1.29 is 14.7 Å². The fourth-order valence-electron chi connectivity index (χ4n) is 3.09. The number of hydrogen-bond acceptors (Lipinski definition) is 2. The molecule has 0 spiro atoms. The lowest BCUT2D eigenvalue weighted by molar-refractivity contribution is -0.141. The Morgan fingerprint density at radius 1 is 1.10 bits per heavy atom. The first-order valence-electron chi connectivity index (χ1n) is 8.51. The van der Waals surface area contributed by atoms with Crippen LogP contribution in [0.25, 0.3) is 0 Å². The Labute approximate surface area is 128 Å². The molecule has 0 aromatic heterocycles. The normalized spacial score (nSPS) is 19.5. The molecule has 2 unspecified atom stereocenters. The van der Waals surface area contributed by atoms with Gasteiger partial charge in [0.25, 0.3) is 0 Å². The van der Waals surface area contributed by atoms with Crippen LogP contribution in [0.5, 0.6) is 0 Å². The number of nitrogens with one attached hydrogen (secondary N) is 1. The highest BCUT2D eigenvalue weighted by atomic mass is 16.4. The Morgan fingerprint density at radius 3 is 2.29 bits per heavy atom. The molecule has 1 fully saturated rings. The van der Waals surface area contributed by atoms with Gasteiger partial charge < -0.3 is 10.4 Å². The molecule has 0 saturated heterocycles. The Kier molecular flexibility index (Phi) is 8.40. The van der Waals surface area contributed by atoms with Crippen molar-refractivity contribution in [2.24, 2.45) is 11.8 Å². The molecular weight excluding hydrogens is 266 g/mol. The van der Waals surface area contributed by atoms with Crippen molar-refractivity contribution in [3.8, 4) is 0 Å². The highest BCUT2D eigenvalue weighted by molar-refractivity contribution is 5.76. The highest BCUT2D eigenvalue weighted by Gasteiger charge is 2.17. The second-order valence-electron chi connectivity index (χ2n) is 6.70. The van der Waals surface area contributed by atoms with Gasteiger partial charge in [-0.3, -0.25) is 9.59 Å². The molecule has 1 saturated carbocycles. The van der Waals surface area contributed by atoms with Crippen LogP contribution in [-0.2, 0) is 9.59 Å². The van der Waals surface area contributed by atoms with Crippen molar-refractivity contribution in [1.29, 1.82) is 0 Å². The summed E-state index contributed by atoms with van der Waals surface area (Å²) in [4.78, 5) is 22.8. The number of hydrogen-bond donors (Lipinski definition) is 2. The van der Waals surface area contributed by atoms with Crippen LogP contribution in [0.4, 0.5) is 0 Å². The molecule has 0 aromatic carbocycles. The second-order valence-corrected chi connectivity index (χ2v) is 6.70. The first-order valence-corrected chi connectivity index (χ1v) is 8.51. The van der Waals surface area contributed by atoms with Crippen molar-refractivity contribution in [2.75, 3.05) is 0 Å². The molecule has 0 radical (unpaired) electrons. The van der Waals surface area contributed by atoms with E-state index < -0.39 is 5.97 Å². The van der Waals surface area contributed by atoms with Crippen LogP contribution in [0.3, 0.4) is 0 Å². The molecule has 1 amide bonds. The third-order valence-electron chi connectivity index (χ3n) is 4.55. The average Bonchev–Trinajstić information content (AvgIpc) is 2.66. The van der Waals surface area contributed by atoms with E-state index in [4.69, 9.17) is 5.11 Å². The van der Waals surface area contributed by atoms with Gasteiger partial charge in [0.15, 0.2) is 0 Å². The molecule has 2 atom stereocenters. The lowest BCUT2D eigenvalue weighted by atomic mass is 9.96. The lowest BCUT2D eigenvalue weighted by Crippen LogP contribution is -2.33. The zero-order valence-corrected chi connectivity index (χ0v) is 13.6. The van der Waals surface area contributed by atoms with Crippen LogP contribution >= 0.6 is 0 Å². The third-order valence-corrected chi connectivity index (χ3v) is 4.55. The van der Waals surface area contributed by atoms with Crippen LogP contribution < -0.4 is 5.32 Å². The summed E-state index contributed by atoms with van der Waals surface area (Å²) in [5.74, 6) is -0.300. The average molecular weight is 297 g/mol. The van der Waals surface area contributed by atoms with E-state index in [0.717, 1.165) is 12.8 Å². The Hall–Kier alpha value is -1.06. The van der Waals surface area contributed by atoms with E-state index in [2.05, 4.69) is 5.32 Å². The monoisotopic (exact) mass is 297 g/mol.